The summed E-state index contributed by atoms with van der Waals surface area (Å²) in [5.74, 6) is 0.823. The van der Waals surface area contributed by atoms with Gasteiger partial charge in [-0.25, -0.2) is 5.53 Å². The number of rotatable bonds is 14. The van der Waals surface area contributed by atoms with Crippen LogP contribution in [0.5, 0.6) is 0 Å². The number of hydrazine groups is 2. The quantitative estimate of drug-likeness (QED) is 0.164. The number of hydrogen-bond acceptors (Lipinski definition) is 9. The molecule has 0 aromatic carbocycles. The molecule has 3 rings (SSSR count). The Morgan fingerprint density at radius 2 is 2.02 bits per heavy atom. The van der Waals surface area contributed by atoms with Crippen LogP contribution in [-0.2, 0) is 17.8 Å². The lowest BCUT2D eigenvalue weighted by atomic mass is 10.0. The van der Waals surface area contributed by atoms with Crippen LogP contribution in [0.1, 0.15) is 82.4 Å². The van der Waals surface area contributed by atoms with Crippen LogP contribution in [0.2, 0.25) is 0 Å². The predicted octanol–water partition coefficient (Wildman–Crippen LogP) is 3.44. The van der Waals surface area contributed by atoms with Crippen molar-refractivity contribution in [1.82, 2.24) is 36.6 Å². The van der Waals surface area contributed by atoms with E-state index in [0.717, 1.165) is 42.5 Å². The molecule has 1 aromatic rings. The van der Waals surface area contributed by atoms with Gasteiger partial charge in [-0.1, -0.05) is 57.9 Å². The first-order chi connectivity index (χ1) is 20.7. The van der Waals surface area contributed by atoms with Gasteiger partial charge in [-0.2, -0.15) is 0 Å². The second-order valence-electron chi connectivity index (χ2n) is 11.1. The number of unbranched alkanes of at least 4 members (excludes halogenated alkanes) is 1. The van der Waals surface area contributed by atoms with E-state index >= 15 is 0 Å². The zero-order valence-electron chi connectivity index (χ0n) is 26.4. The lowest BCUT2D eigenvalue weighted by Crippen LogP contribution is -2.48. The van der Waals surface area contributed by atoms with Crippen molar-refractivity contribution in [2.75, 3.05) is 19.7 Å². The summed E-state index contributed by atoms with van der Waals surface area (Å²) >= 11 is 0. The Morgan fingerprint density at radius 3 is 2.72 bits per heavy atom. The van der Waals surface area contributed by atoms with Crippen LogP contribution in [0.15, 0.2) is 64.7 Å². The Bertz CT molecular complexity index is 1280. The summed E-state index contributed by atoms with van der Waals surface area (Å²) in [4.78, 5) is 32.5. The fourth-order valence-corrected chi connectivity index (χ4v) is 4.59. The molecule has 0 saturated heterocycles. The number of fused-ring (bicyclic) bond motifs is 1. The molecule has 234 valence electrons. The third kappa shape index (κ3) is 9.26. The highest BCUT2D eigenvalue weighted by Crippen LogP contribution is 2.21. The standard InChI is InChI=1S/C32H48N8O3/c1-7-10-13-25(30-36-37-38-40(30)24(6)21-41)14-11-12-23(5)35-31(42)29-17-27-20-39(16-15-26(27)19-34-29)32(43)28(9-3)33-18-22(4)8-2/h9,11-14,17,19,22,24,33,37-38,41H,7-8,10,15-16,18,20-21H2,1-6H3,(H,35,42)/b14-11-,23-12+,25-13-,28-9-. The summed E-state index contributed by atoms with van der Waals surface area (Å²) in [6, 6.07) is 1.62. The molecular formula is C32H48N8O3. The number of hydrogen-bond donors (Lipinski definition) is 5. The molecule has 2 aliphatic rings. The molecule has 2 amide bonds. The van der Waals surface area contributed by atoms with Gasteiger partial charge in [-0.15, -0.1) is 10.6 Å². The fraction of sp³-hybridized carbons (Fsp3) is 0.500. The van der Waals surface area contributed by atoms with E-state index in [4.69, 9.17) is 0 Å². The number of carbonyl (C=O) groups is 2. The Morgan fingerprint density at radius 1 is 1.23 bits per heavy atom. The van der Waals surface area contributed by atoms with E-state index < -0.39 is 0 Å². The molecular weight excluding hydrogens is 544 g/mol. The van der Waals surface area contributed by atoms with E-state index in [-0.39, 0.29) is 24.5 Å². The van der Waals surface area contributed by atoms with Crippen molar-refractivity contribution in [3.8, 4) is 0 Å². The normalized spacial score (nSPS) is 17.4. The first kappa shape index (κ1) is 33.5. The first-order valence-electron chi connectivity index (χ1n) is 15.2. The van der Waals surface area contributed by atoms with Crippen LogP contribution < -0.4 is 21.7 Å². The van der Waals surface area contributed by atoms with E-state index in [0.29, 0.717) is 48.4 Å². The maximum atomic E-state index is 13.2. The number of aliphatic hydroxyl groups is 1. The average molecular weight is 593 g/mol. The highest BCUT2D eigenvalue weighted by atomic mass is 16.3. The molecule has 2 unspecified atom stereocenters. The molecule has 0 bridgehead atoms. The van der Waals surface area contributed by atoms with Crippen molar-refractivity contribution in [3.05, 3.63) is 76.4 Å². The van der Waals surface area contributed by atoms with Crippen LogP contribution in [0.4, 0.5) is 0 Å². The summed E-state index contributed by atoms with van der Waals surface area (Å²) in [6.45, 7) is 13.8. The van der Waals surface area contributed by atoms with E-state index in [1.165, 1.54) is 0 Å². The molecule has 5 N–H and O–H groups in total. The van der Waals surface area contributed by atoms with E-state index in [1.54, 1.807) is 17.3 Å². The predicted molar refractivity (Wildman–Crippen MR) is 170 cm³/mol. The number of aromatic nitrogens is 1. The van der Waals surface area contributed by atoms with Gasteiger partial charge in [0.25, 0.3) is 11.8 Å². The summed E-state index contributed by atoms with van der Waals surface area (Å²) < 4.78 is 0. The third-order valence-corrected chi connectivity index (χ3v) is 7.58. The number of amidine groups is 1. The van der Waals surface area contributed by atoms with Crippen LogP contribution in [0.25, 0.3) is 0 Å². The maximum Gasteiger partial charge on any atom is 0.273 e. The Hall–Kier alpha value is -3.96. The number of aliphatic hydroxyl groups excluding tert-OH is 1. The largest absolute Gasteiger partial charge is 0.394 e. The summed E-state index contributed by atoms with van der Waals surface area (Å²) in [6.07, 6.45) is 14.9. The molecule has 1 aromatic heterocycles. The summed E-state index contributed by atoms with van der Waals surface area (Å²) in [7, 11) is 0. The molecule has 0 fully saturated rings. The van der Waals surface area contributed by atoms with Crippen molar-refractivity contribution in [3.63, 3.8) is 0 Å². The zero-order chi connectivity index (χ0) is 31.4. The lowest BCUT2D eigenvalue weighted by Gasteiger charge is -2.30. The summed E-state index contributed by atoms with van der Waals surface area (Å²) in [5, 5.41) is 21.9. The minimum Gasteiger partial charge on any atom is -0.394 e. The molecule has 11 nitrogen and oxygen atoms in total. The van der Waals surface area contributed by atoms with Crippen molar-refractivity contribution in [2.45, 2.75) is 79.8 Å². The van der Waals surface area contributed by atoms with Crippen molar-refractivity contribution < 1.29 is 14.7 Å². The smallest absolute Gasteiger partial charge is 0.273 e. The molecule has 0 spiro atoms. The third-order valence-electron chi connectivity index (χ3n) is 7.58. The molecule has 2 atom stereocenters. The lowest BCUT2D eigenvalue weighted by molar-refractivity contribution is -0.128. The number of amides is 2. The molecule has 0 radical (unpaired) electrons. The van der Waals surface area contributed by atoms with Crippen molar-refractivity contribution in [2.24, 2.45) is 11.0 Å². The van der Waals surface area contributed by atoms with Gasteiger partial charge in [-0.3, -0.25) is 19.6 Å². The number of pyridine rings is 1. The van der Waals surface area contributed by atoms with Gasteiger partial charge >= 0.3 is 0 Å². The van der Waals surface area contributed by atoms with E-state index in [1.807, 2.05) is 50.0 Å². The number of hydrazone groups is 1. The van der Waals surface area contributed by atoms with Crippen LogP contribution in [-0.4, -0.2) is 63.4 Å². The first-order valence-corrected chi connectivity index (χ1v) is 15.2. The van der Waals surface area contributed by atoms with Crippen LogP contribution in [0.3, 0.4) is 0 Å². The van der Waals surface area contributed by atoms with Gasteiger partial charge < -0.3 is 20.6 Å². The minimum absolute atomic E-state index is 0.0266. The Kier molecular flexibility index (Phi) is 13.0. The van der Waals surface area contributed by atoms with E-state index in [9.17, 15) is 14.7 Å². The monoisotopic (exact) mass is 592 g/mol. The molecule has 11 heteroatoms. The highest BCUT2D eigenvalue weighted by molar-refractivity contribution is 6.01. The minimum atomic E-state index is -0.309. The number of carbonyl (C=O) groups excluding carboxylic acids is 2. The Balaban J connectivity index is 1.66. The van der Waals surface area contributed by atoms with E-state index in [2.05, 4.69) is 58.6 Å². The number of nitrogens with zero attached hydrogens (tertiary/aromatic N) is 4. The molecule has 0 saturated carbocycles. The van der Waals surface area contributed by atoms with Gasteiger partial charge in [0.05, 0.1) is 18.3 Å². The van der Waals surface area contributed by atoms with Gasteiger partial charge in [0, 0.05) is 37.1 Å². The molecule has 0 aliphatic carbocycles. The molecule has 3 heterocycles. The van der Waals surface area contributed by atoms with Gasteiger partial charge in [0.15, 0.2) is 5.84 Å². The van der Waals surface area contributed by atoms with Gasteiger partial charge in [-0.05, 0) is 62.8 Å². The molecule has 2 aliphatic heterocycles. The van der Waals surface area contributed by atoms with Crippen molar-refractivity contribution >= 4 is 17.6 Å². The SMILES string of the molecule is C/C=C(\NCC(C)CC)C(=O)N1CCc2cnc(C(=O)N/C(C)=C/C=C\C(=C\CCC)C3=NNNN3C(C)CO)cc2C1. The topological polar surface area (TPSA) is 134 Å². The van der Waals surface area contributed by atoms with Gasteiger partial charge in [0.1, 0.15) is 5.69 Å². The maximum absolute atomic E-state index is 13.2. The highest BCUT2D eigenvalue weighted by Gasteiger charge is 2.25. The van der Waals surface area contributed by atoms with Crippen LogP contribution in [0, 0.1) is 5.92 Å². The number of allylic oxidation sites excluding steroid dienone is 5. The Labute approximate surface area is 255 Å². The summed E-state index contributed by atoms with van der Waals surface area (Å²) in [5.41, 5.74) is 10.2. The van der Waals surface area contributed by atoms with Crippen LogP contribution >= 0.6 is 0 Å². The number of nitrogens with one attached hydrogen (secondary N) is 4. The van der Waals surface area contributed by atoms with Gasteiger partial charge in [0.2, 0.25) is 0 Å². The average Bonchev–Trinajstić information content (AvgIpc) is 3.51. The fourth-order valence-electron chi connectivity index (χ4n) is 4.59. The zero-order valence-corrected chi connectivity index (χ0v) is 26.4. The second-order valence-corrected chi connectivity index (χ2v) is 11.1. The molecule has 43 heavy (non-hydrogen) atoms. The second kappa shape index (κ2) is 16.6. The van der Waals surface area contributed by atoms with Crippen molar-refractivity contribution in [1.29, 1.82) is 0 Å².